The van der Waals surface area contributed by atoms with Crippen molar-refractivity contribution in [2.45, 2.75) is 25.4 Å². The number of rotatable bonds is 3. The molecule has 4 rings (SSSR count). The highest BCUT2D eigenvalue weighted by Crippen LogP contribution is 2.42. The molecule has 5 nitrogen and oxygen atoms in total. The molecular weight excluding hydrogens is 316 g/mol. The Kier molecular flexibility index (Phi) is 4.44. The van der Waals surface area contributed by atoms with Crippen molar-refractivity contribution in [3.05, 3.63) is 42.1 Å². The molecule has 0 radical (unpaired) electrons. The zero-order valence-electron chi connectivity index (χ0n) is 14.6. The van der Waals surface area contributed by atoms with Crippen LogP contribution in [0.15, 0.2) is 36.4 Å². The van der Waals surface area contributed by atoms with E-state index in [4.69, 9.17) is 9.47 Å². The zero-order chi connectivity index (χ0) is 17.3. The summed E-state index contributed by atoms with van der Waals surface area (Å²) >= 11 is 0. The number of hydrogen-bond acceptors (Lipinski definition) is 4. The fraction of sp³-hybridized carbons (Fsp3) is 0.500. The molecule has 3 heterocycles. The number of nitrogens with zero attached hydrogens (tertiary/aromatic N) is 2. The lowest BCUT2D eigenvalue weighted by Gasteiger charge is -2.38. The van der Waals surface area contributed by atoms with E-state index in [9.17, 15) is 4.79 Å². The maximum absolute atomic E-state index is 12.8. The van der Waals surface area contributed by atoms with Crippen LogP contribution >= 0.6 is 0 Å². The van der Waals surface area contributed by atoms with Crippen LogP contribution in [-0.4, -0.2) is 55.3 Å². The number of fused-ring (bicyclic) bond motifs is 1. The Morgan fingerprint density at radius 2 is 2.08 bits per heavy atom. The molecule has 0 bridgehead atoms. The fourth-order valence-corrected chi connectivity index (χ4v) is 4.07. The number of piperidine rings is 1. The molecule has 1 spiro atoms. The van der Waals surface area contributed by atoms with E-state index in [1.807, 2.05) is 41.3 Å². The summed E-state index contributed by atoms with van der Waals surface area (Å²) < 4.78 is 11.1. The van der Waals surface area contributed by atoms with E-state index in [2.05, 4.69) is 4.98 Å². The molecular formula is C20H24N2O3. The Labute approximate surface area is 147 Å². The quantitative estimate of drug-likeness (QED) is 0.862. The number of aromatic nitrogens is 1. The Balaban J connectivity index is 1.42. The predicted octanol–water partition coefficient (Wildman–Crippen LogP) is 2.89. The summed E-state index contributed by atoms with van der Waals surface area (Å²) in [5, 5.41) is 1.06. The molecule has 0 N–H and O–H groups in total. The molecule has 0 unspecified atom stereocenters. The molecule has 2 aliphatic rings. The molecule has 1 amide bonds. The largest absolute Gasteiger partial charge is 0.382 e. The first-order chi connectivity index (χ1) is 12.2. The van der Waals surface area contributed by atoms with Crippen LogP contribution in [0.1, 0.15) is 29.8 Å². The van der Waals surface area contributed by atoms with E-state index in [1.54, 1.807) is 7.11 Å². The molecule has 0 aliphatic carbocycles. The highest BCUT2D eigenvalue weighted by atomic mass is 16.5. The number of amides is 1. The lowest BCUT2D eigenvalue weighted by molar-refractivity contribution is 0.0280. The molecule has 132 valence electrons. The summed E-state index contributed by atoms with van der Waals surface area (Å²) in [6, 6.07) is 11.7. The van der Waals surface area contributed by atoms with Crippen molar-refractivity contribution in [3.63, 3.8) is 0 Å². The molecule has 1 atom stereocenters. The number of benzene rings is 1. The minimum Gasteiger partial charge on any atom is -0.382 e. The first-order valence-corrected chi connectivity index (χ1v) is 8.95. The van der Waals surface area contributed by atoms with Gasteiger partial charge in [0.2, 0.25) is 0 Å². The maximum atomic E-state index is 12.8. The SMILES string of the molecule is COC[C@H]1CC2(CCN(C(=O)c3ccc4ccccc4n3)CC2)CO1. The molecule has 1 aromatic carbocycles. The third kappa shape index (κ3) is 3.26. The van der Waals surface area contributed by atoms with Crippen LogP contribution in [0.3, 0.4) is 0 Å². The number of methoxy groups -OCH3 is 1. The van der Waals surface area contributed by atoms with Crippen LogP contribution in [0.25, 0.3) is 10.9 Å². The standard InChI is InChI=1S/C20H24N2O3/c1-24-13-16-12-20(14-25-16)8-10-22(11-9-20)19(23)18-7-6-15-4-2-3-5-17(15)21-18/h2-7,16H,8-14H2,1H3/t16-/m1/s1. The maximum Gasteiger partial charge on any atom is 0.272 e. The van der Waals surface area contributed by atoms with Crippen molar-refractivity contribution < 1.29 is 14.3 Å². The predicted molar refractivity (Wildman–Crippen MR) is 95.5 cm³/mol. The smallest absolute Gasteiger partial charge is 0.272 e. The van der Waals surface area contributed by atoms with Gasteiger partial charge in [0.25, 0.3) is 5.91 Å². The lowest BCUT2D eigenvalue weighted by atomic mass is 9.76. The van der Waals surface area contributed by atoms with Crippen LogP contribution < -0.4 is 0 Å². The molecule has 2 aliphatic heterocycles. The summed E-state index contributed by atoms with van der Waals surface area (Å²) in [5.74, 6) is 0.0351. The van der Waals surface area contributed by atoms with E-state index in [0.29, 0.717) is 12.3 Å². The molecule has 2 aromatic rings. The molecule has 2 saturated heterocycles. The van der Waals surface area contributed by atoms with Crippen LogP contribution in [-0.2, 0) is 9.47 Å². The van der Waals surface area contributed by atoms with Gasteiger partial charge in [-0.1, -0.05) is 24.3 Å². The summed E-state index contributed by atoms with van der Waals surface area (Å²) in [5.41, 5.74) is 1.62. The van der Waals surface area contributed by atoms with Gasteiger partial charge in [-0.15, -0.1) is 0 Å². The topological polar surface area (TPSA) is 51.7 Å². The summed E-state index contributed by atoms with van der Waals surface area (Å²) in [6.07, 6.45) is 3.23. The van der Waals surface area contributed by atoms with Gasteiger partial charge in [0, 0.05) is 25.6 Å². The van der Waals surface area contributed by atoms with Crippen LogP contribution in [0.5, 0.6) is 0 Å². The average Bonchev–Trinajstić information content (AvgIpc) is 3.04. The first kappa shape index (κ1) is 16.5. The zero-order valence-corrected chi connectivity index (χ0v) is 14.6. The van der Waals surface area contributed by atoms with Gasteiger partial charge in [-0.05, 0) is 36.8 Å². The van der Waals surface area contributed by atoms with E-state index >= 15 is 0 Å². The number of hydrogen-bond donors (Lipinski definition) is 0. The molecule has 25 heavy (non-hydrogen) atoms. The summed E-state index contributed by atoms with van der Waals surface area (Å²) in [7, 11) is 1.71. The second-order valence-corrected chi connectivity index (χ2v) is 7.27. The van der Waals surface area contributed by atoms with Crippen molar-refractivity contribution in [1.82, 2.24) is 9.88 Å². The van der Waals surface area contributed by atoms with E-state index < -0.39 is 0 Å². The minimum absolute atomic E-state index is 0.0351. The van der Waals surface area contributed by atoms with Crippen molar-refractivity contribution in [3.8, 4) is 0 Å². The minimum atomic E-state index is 0.0351. The van der Waals surface area contributed by atoms with Gasteiger partial charge in [-0.2, -0.15) is 0 Å². The van der Waals surface area contributed by atoms with Gasteiger partial charge >= 0.3 is 0 Å². The third-order valence-corrected chi connectivity index (χ3v) is 5.57. The summed E-state index contributed by atoms with van der Waals surface area (Å²) in [4.78, 5) is 19.3. The Bertz CT molecular complexity index is 768. The van der Waals surface area contributed by atoms with Crippen molar-refractivity contribution in [2.75, 3.05) is 33.4 Å². The monoisotopic (exact) mass is 340 g/mol. The number of pyridine rings is 1. The number of para-hydroxylation sites is 1. The molecule has 5 heteroatoms. The fourth-order valence-electron chi connectivity index (χ4n) is 4.07. The lowest BCUT2D eigenvalue weighted by Crippen LogP contribution is -2.43. The van der Waals surface area contributed by atoms with Crippen molar-refractivity contribution in [2.24, 2.45) is 5.41 Å². The third-order valence-electron chi connectivity index (χ3n) is 5.57. The van der Waals surface area contributed by atoms with Gasteiger partial charge in [0.1, 0.15) is 5.69 Å². The Morgan fingerprint density at radius 3 is 2.88 bits per heavy atom. The van der Waals surface area contributed by atoms with E-state index in [1.165, 1.54) is 0 Å². The second kappa shape index (κ2) is 6.73. The molecule has 2 fully saturated rings. The van der Waals surface area contributed by atoms with Crippen LogP contribution in [0, 0.1) is 5.41 Å². The molecule has 0 saturated carbocycles. The van der Waals surface area contributed by atoms with Gasteiger partial charge in [-0.3, -0.25) is 4.79 Å². The van der Waals surface area contributed by atoms with Crippen LogP contribution in [0.2, 0.25) is 0 Å². The van der Waals surface area contributed by atoms with Crippen molar-refractivity contribution in [1.29, 1.82) is 0 Å². The average molecular weight is 340 g/mol. The number of carbonyl (C=O) groups excluding carboxylic acids is 1. The Hall–Kier alpha value is -1.98. The number of likely N-dealkylation sites (tertiary alicyclic amines) is 1. The molecule has 1 aromatic heterocycles. The van der Waals surface area contributed by atoms with Gasteiger partial charge in [-0.25, -0.2) is 4.98 Å². The van der Waals surface area contributed by atoms with E-state index in [0.717, 1.165) is 49.9 Å². The van der Waals surface area contributed by atoms with Crippen LogP contribution in [0.4, 0.5) is 0 Å². The first-order valence-electron chi connectivity index (χ1n) is 8.95. The number of ether oxygens (including phenoxy) is 2. The second-order valence-electron chi connectivity index (χ2n) is 7.27. The number of carbonyl (C=O) groups is 1. The normalized spacial score (nSPS) is 22.6. The highest BCUT2D eigenvalue weighted by molar-refractivity contribution is 5.95. The summed E-state index contributed by atoms with van der Waals surface area (Å²) in [6.45, 7) is 3.00. The van der Waals surface area contributed by atoms with Gasteiger partial charge < -0.3 is 14.4 Å². The van der Waals surface area contributed by atoms with Gasteiger partial charge in [0.05, 0.1) is 24.8 Å². The highest BCUT2D eigenvalue weighted by Gasteiger charge is 2.43. The van der Waals surface area contributed by atoms with Gasteiger partial charge in [0.15, 0.2) is 0 Å². The van der Waals surface area contributed by atoms with E-state index in [-0.39, 0.29) is 17.4 Å². The Morgan fingerprint density at radius 1 is 1.28 bits per heavy atom. The van der Waals surface area contributed by atoms with Crippen molar-refractivity contribution >= 4 is 16.8 Å².